The Balaban J connectivity index is 2.30. The summed E-state index contributed by atoms with van der Waals surface area (Å²) in [7, 11) is 0. The molecule has 2 rings (SSSR count). The van der Waals surface area contributed by atoms with Crippen LogP contribution < -0.4 is 5.32 Å². The van der Waals surface area contributed by atoms with Crippen LogP contribution in [0.25, 0.3) is 10.9 Å². The molecule has 84 valence electrons. The van der Waals surface area contributed by atoms with Crippen molar-refractivity contribution in [3.05, 3.63) is 28.0 Å². The van der Waals surface area contributed by atoms with Crippen LogP contribution in [-0.4, -0.2) is 10.9 Å². The molecule has 0 radical (unpaired) electrons. The molecule has 1 amide bonds. The number of amides is 1. The summed E-state index contributed by atoms with van der Waals surface area (Å²) < 4.78 is 1.16. The van der Waals surface area contributed by atoms with Gasteiger partial charge in [-0.2, -0.15) is 0 Å². The first-order valence-electron chi connectivity index (χ1n) is 5.27. The Morgan fingerprint density at radius 3 is 3.06 bits per heavy atom. The molecule has 0 atom stereocenters. The van der Waals surface area contributed by atoms with Crippen LogP contribution in [0.3, 0.4) is 0 Å². The van der Waals surface area contributed by atoms with Gasteiger partial charge in [0.1, 0.15) is 0 Å². The van der Waals surface area contributed by atoms with Gasteiger partial charge in [-0.15, -0.1) is 0 Å². The zero-order valence-electron chi connectivity index (χ0n) is 9.01. The van der Waals surface area contributed by atoms with E-state index in [-0.39, 0.29) is 5.91 Å². The molecule has 0 spiro atoms. The van der Waals surface area contributed by atoms with E-state index in [1.165, 1.54) is 0 Å². The van der Waals surface area contributed by atoms with E-state index in [9.17, 15) is 4.79 Å². The summed E-state index contributed by atoms with van der Waals surface area (Å²) in [5.74, 6) is 0.0715. The number of anilines is 1. The van der Waals surface area contributed by atoms with E-state index >= 15 is 0 Å². The fourth-order valence-corrected chi connectivity index (χ4v) is 2.13. The predicted octanol–water partition coefficient (Wildman–Crippen LogP) is 3.51. The maximum Gasteiger partial charge on any atom is 0.224 e. The van der Waals surface area contributed by atoms with E-state index in [2.05, 4.69) is 39.0 Å². The Hall–Kier alpha value is -1.04. The largest absolute Gasteiger partial charge is 0.359 e. The minimum Gasteiger partial charge on any atom is -0.359 e. The normalized spacial score (nSPS) is 10.6. The summed E-state index contributed by atoms with van der Waals surface area (Å²) in [6, 6.07) is 6.12. The summed E-state index contributed by atoms with van der Waals surface area (Å²) >= 11 is 2.27. The van der Waals surface area contributed by atoms with Gasteiger partial charge >= 0.3 is 0 Å². The lowest BCUT2D eigenvalue weighted by Gasteiger charge is -2.02. The molecular weight excluding hydrogens is 315 g/mol. The fraction of sp³-hybridized carbons (Fsp3) is 0.250. The molecule has 1 aromatic carbocycles. The van der Waals surface area contributed by atoms with Gasteiger partial charge < -0.3 is 10.3 Å². The second kappa shape index (κ2) is 4.86. The number of benzene rings is 1. The third kappa shape index (κ3) is 2.37. The Morgan fingerprint density at radius 2 is 2.31 bits per heavy atom. The third-order valence-electron chi connectivity index (χ3n) is 2.39. The van der Waals surface area contributed by atoms with Crippen LogP contribution in [0.4, 0.5) is 5.69 Å². The Bertz CT molecular complexity index is 519. The molecule has 0 aliphatic rings. The van der Waals surface area contributed by atoms with E-state index in [0.29, 0.717) is 6.42 Å². The van der Waals surface area contributed by atoms with Gasteiger partial charge in [0.05, 0.1) is 5.69 Å². The smallest absolute Gasteiger partial charge is 0.224 e. The highest BCUT2D eigenvalue weighted by Gasteiger charge is 2.06. The predicted molar refractivity (Wildman–Crippen MR) is 74.6 cm³/mol. The summed E-state index contributed by atoms with van der Waals surface area (Å²) in [6.07, 6.45) is 3.27. The molecule has 1 aromatic heterocycles. The van der Waals surface area contributed by atoms with Gasteiger partial charge in [0, 0.05) is 27.1 Å². The summed E-state index contributed by atoms with van der Waals surface area (Å²) in [5.41, 5.74) is 1.92. The fourth-order valence-electron chi connectivity index (χ4n) is 1.64. The lowest BCUT2D eigenvalue weighted by Crippen LogP contribution is -2.09. The molecular formula is C12H13IN2O. The van der Waals surface area contributed by atoms with Crippen molar-refractivity contribution in [3.63, 3.8) is 0 Å². The first-order chi connectivity index (χ1) is 7.70. The summed E-state index contributed by atoms with van der Waals surface area (Å²) in [6.45, 7) is 2.00. The number of aromatic nitrogens is 1. The third-order valence-corrected chi connectivity index (χ3v) is 3.07. The number of fused-ring (bicyclic) bond motifs is 1. The average Bonchev–Trinajstić information content (AvgIpc) is 2.61. The SMILES string of the molecule is CCCC(=O)Nc1c[nH]c2ccc(I)cc12. The lowest BCUT2D eigenvalue weighted by atomic mass is 10.2. The van der Waals surface area contributed by atoms with Crippen molar-refractivity contribution in [2.45, 2.75) is 19.8 Å². The van der Waals surface area contributed by atoms with Crippen molar-refractivity contribution in [1.29, 1.82) is 0 Å². The van der Waals surface area contributed by atoms with Crippen molar-refractivity contribution in [3.8, 4) is 0 Å². The van der Waals surface area contributed by atoms with Crippen molar-refractivity contribution in [2.75, 3.05) is 5.32 Å². The van der Waals surface area contributed by atoms with Gasteiger partial charge in [-0.3, -0.25) is 4.79 Å². The van der Waals surface area contributed by atoms with Gasteiger partial charge in [0.25, 0.3) is 0 Å². The van der Waals surface area contributed by atoms with Crippen molar-refractivity contribution in [1.82, 2.24) is 4.98 Å². The molecule has 1 heterocycles. The van der Waals surface area contributed by atoms with Gasteiger partial charge in [-0.1, -0.05) is 6.92 Å². The molecule has 0 fully saturated rings. The Morgan fingerprint density at radius 1 is 1.50 bits per heavy atom. The molecule has 0 saturated carbocycles. The molecule has 0 aliphatic heterocycles. The summed E-state index contributed by atoms with van der Waals surface area (Å²) in [5, 5.41) is 3.99. The number of aromatic amines is 1. The van der Waals surface area contributed by atoms with E-state index in [4.69, 9.17) is 0 Å². The van der Waals surface area contributed by atoms with Crippen molar-refractivity contribution >= 4 is 45.1 Å². The molecule has 2 aromatic rings. The standard InChI is InChI=1S/C12H13IN2O/c1-2-3-12(16)15-11-7-14-10-5-4-8(13)6-9(10)11/h4-7,14H,2-3H2,1H3,(H,15,16). The van der Waals surface area contributed by atoms with E-state index in [0.717, 1.165) is 26.6 Å². The van der Waals surface area contributed by atoms with Crippen LogP contribution in [0, 0.1) is 3.57 Å². The highest BCUT2D eigenvalue weighted by Crippen LogP contribution is 2.25. The number of carbonyl (C=O) groups is 1. The van der Waals surface area contributed by atoms with E-state index in [1.807, 2.05) is 25.3 Å². The first-order valence-corrected chi connectivity index (χ1v) is 6.35. The number of carbonyl (C=O) groups excluding carboxylic acids is 1. The lowest BCUT2D eigenvalue weighted by molar-refractivity contribution is -0.116. The Labute approximate surface area is 108 Å². The second-order valence-electron chi connectivity index (χ2n) is 3.69. The van der Waals surface area contributed by atoms with E-state index < -0.39 is 0 Å². The average molecular weight is 328 g/mol. The van der Waals surface area contributed by atoms with Gasteiger partial charge in [-0.25, -0.2) is 0 Å². The zero-order chi connectivity index (χ0) is 11.5. The highest BCUT2D eigenvalue weighted by molar-refractivity contribution is 14.1. The molecule has 0 saturated heterocycles. The van der Waals surface area contributed by atoms with Gasteiger partial charge in [0.2, 0.25) is 5.91 Å². The van der Waals surface area contributed by atoms with Crippen LogP contribution in [-0.2, 0) is 4.79 Å². The molecule has 3 nitrogen and oxygen atoms in total. The topological polar surface area (TPSA) is 44.9 Å². The van der Waals surface area contributed by atoms with Crippen LogP contribution in [0.15, 0.2) is 24.4 Å². The molecule has 0 bridgehead atoms. The van der Waals surface area contributed by atoms with Crippen LogP contribution in [0.1, 0.15) is 19.8 Å². The Kier molecular flexibility index (Phi) is 3.48. The second-order valence-corrected chi connectivity index (χ2v) is 4.94. The van der Waals surface area contributed by atoms with Crippen molar-refractivity contribution < 1.29 is 4.79 Å². The monoisotopic (exact) mass is 328 g/mol. The van der Waals surface area contributed by atoms with Crippen molar-refractivity contribution in [2.24, 2.45) is 0 Å². The molecule has 16 heavy (non-hydrogen) atoms. The van der Waals surface area contributed by atoms with E-state index in [1.54, 1.807) is 0 Å². The molecule has 2 N–H and O–H groups in total. The number of H-pyrrole nitrogens is 1. The maximum absolute atomic E-state index is 11.5. The molecule has 0 unspecified atom stereocenters. The first kappa shape index (κ1) is 11.4. The molecule has 0 aliphatic carbocycles. The maximum atomic E-state index is 11.5. The number of halogens is 1. The van der Waals surface area contributed by atoms with Gasteiger partial charge in [-0.05, 0) is 47.2 Å². The zero-order valence-corrected chi connectivity index (χ0v) is 11.2. The quantitative estimate of drug-likeness (QED) is 0.832. The number of hydrogen-bond acceptors (Lipinski definition) is 1. The summed E-state index contributed by atoms with van der Waals surface area (Å²) in [4.78, 5) is 14.7. The minimum absolute atomic E-state index is 0.0715. The van der Waals surface area contributed by atoms with Crippen LogP contribution >= 0.6 is 22.6 Å². The number of rotatable bonds is 3. The van der Waals surface area contributed by atoms with Crippen LogP contribution in [0.5, 0.6) is 0 Å². The van der Waals surface area contributed by atoms with Gasteiger partial charge in [0.15, 0.2) is 0 Å². The van der Waals surface area contributed by atoms with Crippen LogP contribution in [0.2, 0.25) is 0 Å². The number of hydrogen-bond donors (Lipinski definition) is 2. The minimum atomic E-state index is 0.0715. The highest BCUT2D eigenvalue weighted by atomic mass is 127. The molecule has 4 heteroatoms. The number of nitrogens with one attached hydrogen (secondary N) is 2.